The summed E-state index contributed by atoms with van der Waals surface area (Å²) in [7, 11) is -3.19. The van der Waals surface area contributed by atoms with E-state index in [1.165, 1.54) is 10.6 Å². The molecule has 30 heavy (non-hydrogen) atoms. The van der Waals surface area contributed by atoms with E-state index in [1.54, 1.807) is 0 Å². The number of nitrogens with zero attached hydrogens (tertiary/aromatic N) is 2. The first-order valence-corrected chi connectivity index (χ1v) is 12.8. The first-order chi connectivity index (χ1) is 14.3. The van der Waals surface area contributed by atoms with Crippen LogP contribution in [-0.2, 0) is 14.8 Å². The Kier molecular flexibility index (Phi) is 6.16. The summed E-state index contributed by atoms with van der Waals surface area (Å²) in [5.41, 5.74) is 0.628. The molecule has 0 spiro atoms. The van der Waals surface area contributed by atoms with Crippen molar-refractivity contribution >= 4 is 21.8 Å². The molecule has 2 saturated heterocycles. The van der Waals surface area contributed by atoms with Gasteiger partial charge in [-0.3, -0.25) is 9.59 Å². The smallest absolute Gasteiger partial charge is 0.254 e. The average molecular weight is 434 g/mol. The van der Waals surface area contributed by atoms with Crippen LogP contribution in [0.2, 0.25) is 0 Å². The molecule has 8 heteroatoms. The van der Waals surface area contributed by atoms with Crippen LogP contribution in [0.15, 0.2) is 30.3 Å². The standard InChI is InChI=1S/C22H31N3O4S/c1-30(28,29)24-13-11-18(12-14-24)23-21(26)20-15-17-9-5-6-10-19(17)25(20)22(27)16-7-3-2-4-8-16/h2-4,7-8,17-20H,5-6,9-15H2,1H3,(H,23,26). The van der Waals surface area contributed by atoms with Gasteiger partial charge in [0.05, 0.1) is 6.26 Å². The minimum Gasteiger partial charge on any atom is -0.351 e. The van der Waals surface area contributed by atoms with Gasteiger partial charge in [-0.05, 0) is 50.2 Å². The van der Waals surface area contributed by atoms with E-state index in [4.69, 9.17) is 0 Å². The highest BCUT2D eigenvalue weighted by molar-refractivity contribution is 7.88. The van der Waals surface area contributed by atoms with Crippen molar-refractivity contribution < 1.29 is 18.0 Å². The van der Waals surface area contributed by atoms with Crippen LogP contribution in [0.1, 0.15) is 55.3 Å². The number of hydrogen-bond acceptors (Lipinski definition) is 4. The van der Waals surface area contributed by atoms with E-state index in [0.29, 0.717) is 37.4 Å². The van der Waals surface area contributed by atoms with Gasteiger partial charge in [0, 0.05) is 30.7 Å². The fraction of sp³-hybridized carbons (Fsp3) is 0.636. The number of carbonyl (C=O) groups excluding carboxylic acids is 2. The molecule has 2 heterocycles. The molecule has 1 aliphatic carbocycles. The Morgan fingerprint density at radius 1 is 1.00 bits per heavy atom. The summed E-state index contributed by atoms with van der Waals surface area (Å²) >= 11 is 0. The third kappa shape index (κ3) is 4.39. The SMILES string of the molecule is CS(=O)(=O)N1CCC(NC(=O)C2CC3CCCCC3N2C(=O)c2ccccc2)CC1. The van der Waals surface area contributed by atoms with Gasteiger partial charge in [0.1, 0.15) is 6.04 Å². The molecule has 3 fully saturated rings. The van der Waals surface area contributed by atoms with Gasteiger partial charge < -0.3 is 10.2 Å². The quantitative estimate of drug-likeness (QED) is 0.787. The van der Waals surface area contributed by atoms with E-state index in [0.717, 1.165) is 32.1 Å². The number of amides is 2. The van der Waals surface area contributed by atoms with E-state index >= 15 is 0 Å². The maximum atomic E-state index is 13.3. The van der Waals surface area contributed by atoms with Crippen LogP contribution in [0.4, 0.5) is 0 Å². The number of rotatable bonds is 4. The summed E-state index contributed by atoms with van der Waals surface area (Å²) in [4.78, 5) is 28.4. The molecule has 4 rings (SSSR count). The fourth-order valence-electron chi connectivity index (χ4n) is 5.35. The van der Waals surface area contributed by atoms with Crippen molar-refractivity contribution in [1.82, 2.24) is 14.5 Å². The third-order valence-electron chi connectivity index (χ3n) is 6.92. The second kappa shape index (κ2) is 8.67. The van der Waals surface area contributed by atoms with Crippen LogP contribution in [0.25, 0.3) is 0 Å². The number of fused-ring (bicyclic) bond motifs is 1. The maximum Gasteiger partial charge on any atom is 0.254 e. The van der Waals surface area contributed by atoms with Crippen molar-refractivity contribution in [2.24, 2.45) is 5.92 Å². The lowest BCUT2D eigenvalue weighted by atomic mass is 9.84. The zero-order valence-electron chi connectivity index (χ0n) is 17.5. The molecular formula is C22H31N3O4S. The van der Waals surface area contributed by atoms with Crippen LogP contribution >= 0.6 is 0 Å². The molecule has 0 bridgehead atoms. The number of sulfonamides is 1. The molecule has 3 atom stereocenters. The highest BCUT2D eigenvalue weighted by Crippen LogP contribution is 2.40. The zero-order chi connectivity index (χ0) is 21.3. The summed E-state index contributed by atoms with van der Waals surface area (Å²) < 4.78 is 24.9. The van der Waals surface area contributed by atoms with Crippen LogP contribution in [-0.4, -0.2) is 66.9 Å². The lowest BCUT2D eigenvalue weighted by Gasteiger charge is -2.35. The molecule has 3 unspecified atom stereocenters. The number of nitrogens with one attached hydrogen (secondary N) is 1. The van der Waals surface area contributed by atoms with Crippen LogP contribution in [0.3, 0.4) is 0 Å². The molecule has 3 aliphatic rings. The van der Waals surface area contributed by atoms with Crippen molar-refractivity contribution in [3.05, 3.63) is 35.9 Å². The van der Waals surface area contributed by atoms with Crippen molar-refractivity contribution in [1.29, 1.82) is 0 Å². The number of hydrogen-bond donors (Lipinski definition) is 1. The van der Waals surface area contributed by atoms with Gasteiger partial charge in [0.15, 0.2) is 0 Å². The Hall–Kier alpha value is -1.93. The van der Waals surface area contributed by atoms with Crippen molar-refractivity contribution in [2.45, 2.75) is 63.1 Å². The molecule has 7 nitrogen and oxygen atoms in total. The summed E-state index contributed by atoms with van der Waals surface area (Å²) in [6.07, 6.45) is 7.43. The monoisotopic (exact) mass is 433 g/mol. The van der Waals surface area contributed by atoms with Crippen molar-refractivity contribution in [2.75, 3.05) is 19.3 Å². The Morgan fingerprint density at radius 3 is 2.33 bits per heavy atom. The highest BCUT2D eigenvalue weighted by Gasteiger charge is 2.47. The second-order valence-electron chi connectivity index (χ2n) is 8.89. The molecule has 2 amide bonds. The number of carbonyl (C=O) groups is 2. The molecule has 0 radical (unpaired) electrons. The van der Waals surface area contributed by atoms with Gasteiger partial charge in [0.25, 0.3) is 5.91 Å². The number of likely N-dealkylation sites (tertiary alicyclic amines) is 1. The maximum absolute atomic E-state index is 13.3. The van der Waals surface area contributed by atoms with E-state index in [-0.39, 0.29) is 23.9 Å². The van der Waals surface area contributed by atoms with Gasteiger partial charge in [-0.1, -0.05) is 31.0 Å². The lowest BCUT2D eigenvalue weighted by molar-refractivity contribution is -0.126. The molecule has 1 aromatic carbocycles. The van der Waals surface area contributed by atoms with Crippen LogP contribution < -0.4 is 5.32 Å². The van der Waals surface area contributed by atoms with Crippen molar-refractivity contribution in [3.63, 3.8) is 0 Å². The number of benzene rings is 1. The average Bonchev–Trinajstić information content (AvgIpc) is 3.13. The first kappa shape index (κ1) is 21.3. The largest absolute Gasteiger partial charge is 0.351 e. The Balaban J connectivity index is 1.47. The molecular weight excluding hydrogens is 402 g/mol. The predicted molar refractivity (Wildman–Crippen MR) is 114 cm³/mol. The first-order valence-electron chi connectivity index (χ1n) is 11.0. The molecule has 1 N–H and O–H groups in total. The predicted octanol–water partition coefficient (Wildman–Crippen LogP) is 2.00. The minimum absolute atomic E-state index is 0.0493. The van der Waals surface area contributed by atoms with E-state index in [2.05, 4.69) is 5.32 Å². The van der Waals surface area contributed by atoms with Gasteiger partial charge in [-0.25, -0.2) is 12.7 Å². The highest BCUT2D eigenvalue weighted by atomic mass is 32.2. The van der Waals surface area contributed by atoms with Crippen molar-refractivity contribution in [3.8, 4) is 0 Å². The van der Waals surface area contributed by atoms with Gasteiger partial charge >= 0.3 is 0 Å². The topological polar surface area (TPSA) is 86.8 Å². The van der Waals surface area contributed by atoms with Gasteiger partial charge in [-0.2, -0.15) is 0 Å². The second-order valence-corrected chi connectivity index (χ2v) is 10.9. The lowest BCUT2D eigenvalue weighted by Crippen LogP contribution is -2.53. The normalized spacial score (nSPS) is 28.2. The molecule has 164 valence electrons. The Morgan fingerprint density at radius 2 is 1.67 bits per heavy atom. The molecule has 0 aromatic heterocycles. The number of piperidine rings is 1. The third-order valence-corrected chi connectivity index (χ3v) is 8.22. The molecule has 1 aromatic rings. The Labute approximate surface area is 178 Å². The Bertz CT molecular complexity index is 881. The molecule has 2 aliphatic heterocycles. The fourth-order valence-corrected chi connectivity index (χ4v) is 6.22. The summed E-state index contributed by atoms with van der Waals surface area (Å²) in [6, 6.07) is 8.86. The van der Waals surface area contributed by atoms with E-state index in [1.807, 2.05) is 35.2 Å². The summed E-state index contributed by atoms with van der Waals surface area (Å²) in [5, 5.41) is 3.12. The van der Waals surface area contributed by atoms with Gasteiger partial charge in [-0.15, -0.1) is 0 Å². The zero-order valence-corrected chi connectivity index (χ0v) is 18.3. The summed E-state index contributed by atoms with van der Waals surface area (Å²) in [6.45, 7) is 0.846. The summed E-state index contributed by atoms with van der Waals surface area (Å²) in [5.74, 6) is 0.234. The minimum atomic E-state index is -3.19. The van der Waals surface area contributed by atoms with Crippen LogP contribution in [0.5, 0.6) is 0 Å². The van der Waals surface area contributed by atoms with Gasteiger partial charge in [0.2, 0.25) is 15.9 Å². The van der Waals surface area contributed by atoms with E-state index in [9.17, 15) is 18.0 Å². The van der Waals surface area contributed by atoms with E-state index < -0.39 is 16.1 Å². The molecule has 1 saturated carbocycles. The van der Waals surface area contributed by atoms with Crippen LogP contribution in [0, 0.1) is 5.92 Å².